The molecule has 0 aromatic rings. The fraction of sp³-hybridized carbons (Fsp3) is 0. The average molecular weight is 205 g/mol. The van der Waals surface area contributed by atoms with Gasteiger partial charge in [0.2, 0.25) is 0 Å². The van der Waals surface area contributed by atoms with Crippen molar-refractivity contribution in [1.29, 1.82) is 0 Å². The van der Waals surface area contributed by atoms with Crippen LogP contribution < -0.4 is 49.6 Å². The Morgan fingerprint density at radius 1 is 0.400 bits per heavy atom. The summed E-state index contributed by atoms with van der Waals surface area (Å²) >= 11 is 0. The fourth-order valence-corrected chi connectivity index (χ4v) is 0. The standard InChI is InChI=1S/4ClH.Cu/h4*1H;/q;;;;+1/p-4. The second-order valence-corrected chi connectivity index (χ2v) is 0. The molecule has 0 aliphatic heterocycles. The van der Waals surface area contributed by atoms with Crippen molar-refractivity contribution in [2.45, 2.75) is 0 Å². The maximum atomic E-state index is 0. The molecule has 0 radical (unpaired) electrons. The Morgan fingerprint density at radius 2 is 0.400 bits per heavy atom. The van der Waals surface area contributed by atoms with Crippen LogP contribution in [-0.4, -0.2) is 0 Å². The van der Waals surface area contributed by atoms with E-state index in [4.69, 9.17) is 0 Å². The molecule has 5 heteroatoms. The van der Waals surface area contributed by atoms with Crippen LogP contribution in [0.2, 0.25) is 0 Å². The Labute approximate surface area is 66.6 Å². The maximum Gasteiger partial charge on any atom is 1.00 e. The first-order valence-electron chi connectivity index (χ1n) is 0. The van der Waals surface area contributed by atoms with E-state index < -0.39 is 0 Å². The summed E-state index contributed by atoms with van der Waals surface area (Å²) in [5, 5.41) is 0. The zero-order valence-electron chi connectivity index (χ0n) is 1.81. The normalized spacial score (nSPS) is 0. The van der Waals surface area contributed by atoms with Crippen molar-refractivity contribution in [3.8, 4) is 0 Å². The predicted octanol–water partition coefficient (Wildman–Crippen LogP) is -12.0. The second-order valence-electron chi connectivity index (χ2n) is 0. The van der Waals surface area contributed by atoms with Gasteiger partial charge < -0.3 is 49.6 Å². The number of hydrogen-bond donors (Lipinski definition) is 0. The van der Waals surface area contributed by atoms with Gasteiger partial charge in [-0.05, 0) is 0 Å². The van der Waals surface area contributed by atoms with E-state index in [0.717, 1.165) is 0 Å². The molecule has 0 saturated heterocycles. The van der Waals surface area contributed by atoms with E-state index >= 15 is 0 Å². The summed E-state index contributed by atoms with van der Waals surface area (Å²) in [5.41, 5.74) is 0. The predicted molar refractivity (Wildman–Crippen MR) is 0 cm³/mol. The molecule has 0 rings (SSSR count). The van der Waals surface area contributed by atoms with Crippen molar-refractivity contribution < 1.29 is 66.7 Å². The Morgan fingerprint density at radius 3 is 0.400 bits per heavy atom. The van der Waals surface area contributed by atoms with Gasteiger partial charge >= 0.3 is 17.1 Å². The second kappa shape index (κ2) is 44.1. The molecule has 0 aliphatic rings. The minimum absolute atomic E-state index is 0. The van der Waals surface area contributed by atoms with Gasteiger partial charge in [0.05, 0.1) is 0 Å². The Kier molecular flexibility index (Phi) is 674. The zero-order chi connectivity index (χ0) is 0. The summed E-state index contributed by atoms with van der Waals surface area (Å²) in [4.78, 5) is 0. The van der Waals surface area contributed by atoms with E-state index in [2.05, 4.69) is 0 Å². The summed E-state index contributed by atoms with van der Waals surface area (Å²) in [6.45, 7) is 0. The molecule has 0 aromatic carbocycles. The minimum Gasteiger partial charge on any atom is -1.00 e. The summed E-state index contributed by atoms with van der Waals surface area (Å²) in [5.74, 6) is 0. The van der Waals surface area contributed by atoms with Crippen LogP contribution in [0.4, 0.5) is 0 Å². The summed E-state index contributed by atoms with van der Waals surface area (Å²) in [6.07, 6.45) is 0. The van der Waals surface area contributed by atoms with Crippen molar-refractivity contribution in [1.82, 2.24) is 0 Å². The molecule has 0 N–H and O–H groups in total. The molecular formula is Cl4Cu-3. The van der Waals surface area contributed by atoms with Crippen LogP contribution in [-0.2, 0) is 17.1 Å². The molecule has 0 bridgehead atoms. The van der Waals surface area contributed by atoms with Crippen molar-refractivity contribution in [3.63, 3.8) is 0 Å². The molecule has 42 valence electrons. The topological polar surface area (TPSA) is 0 Å². The van der Waals surface area contributed by atoms with Crippen molar-refractivity contribution in [2.75, 3.05) is 0 Å². The van der Waals surface area contributed by atoms with E-state index in [-0.39, 0.29) is 66.7 Å². The van der Waals surface area contributed by atoms with E-state index in [0.29, 0.717) is 0 Å². The molecule has 0 atom stereocenters. The number of hydrogen-bond acceptors (Lipinski definition) is 0. The van der Waals surface area contributed by atoms with Gasteiger partial charge in [-0.1, -0.05) is 0 Å². The first-order chi connectivity index (χ1) is 0. The van der Waals surface area contributed by atoms with Crippen molar-refractivity contribution in [3.05, 3.63) is 0 Å². The first-order valence-corrected chi connectivity index (χ1v) is 0. The summed E-state index contributed by atoms with van der Waals surface area (Å²) in [6, 6.07) is 0. The molecular weight excluding hydrogens is 205 g/mol. The average Bonchev–Trinajstić information content (AvgIpc) is 0. The first kappa shape index (κ1) is 76.4. The fourth-order valence-electron chi connectivity index (χ4n) is 0. The molecule has 0 aromatic heterocycles. The van der Waals surface area contributed by atoms with Gasteiger partial charge in [-0.3, -0.25) is 0 Å². The monoisotopic (exact) mass is 203 g/mol. The van der Waals surface area contributed by atoms with Gasteiger partial charge in [-0.15, -0.1) is 0 Å². The minimum atomic E-state index is 0. The molecule has 0 aliphatic carbocycles. The molecule has 0 spiro atoms. The number of halogens is 4. The van der Waals surface area contributed by atoms with Crippen LogP contribution in [0, 0.1) is 0 Å². The SMILES string of the molecule is [Cl-].[Cl-].[Cl-].[Cl-].[Cu+]. The zero-order valence-corrected chi connectivity index (χ0v) is 5.78. The van der Waals surface area contributed by atoms with Gasteiger partial charge in [0.1, 0.15) is 0 Å². The van der Waals surface area contributed by atoms with Gasteiger partial charge in [-0.25, -0.2) is 0 Å². The van der Waals surface area contributed by atoms with Gasteiger partial charge in [0, 0.05) is 0 Å². The third kappa shape index (κ3) is 27.3. The van der Waals surface area contributed by atoms with Crippen LogP contribution in [0.3, 0.4) is 0 Å². The van der Waals surface area contributed by atoms with Crippen LogP contribution in [0.15, 0.2) is 0 Å². The third-order valence-electron chi connectivity index (χ3n) is 0. The third-order valence-corrected chi connectivity index (χ3v) is 0. The van der Waals surface area contributed by atoms with Crippen LogP contribution in [0.25, 0.3) is 0 Å². The maximum absolute atomic E-state index is 0. The van der Waals surface area contributed by atoms with E-state index in [1.165, 1.54) is 0 Å². The molecule has 0 nitrogen and oxygen atoms in total. The smallest absolute Gasteiger partial charge is 1.00 e. The van der Waals surface area contributed by atoms with Crippen LogP contribution in [0.1, 0.15) is 0 Å². The van der Waals surface area contributed by atoms with Crippen molar-refractivity contribution >= 4 is 0 Å². The van der Waals surface area contributed by atoms with Crippen LogP contribution in [0.5, 0.6) is 0 Å². The van der Waals surface area contributed by atoms with E-state index in [1.54, 1.807) is 0 Å². The Bertz CT molecular complexity index is 3.61. The summed E-state index contributed by atoms with van der Waals surface area (Å²) in [7, 11) is 0. The van der Waals surface area contributed by atoms with Gasteiger partial charge in [0.25, 0.3) is 0 Å². The molecule has 0 unspecified atom stereocenters. The van der Waals surface area contributed by atoms with Crippen molar-refractivity contribution in [2.24, 2.45) is 0 Å². The van der Waals surface area contributed by atoms with Crippen LogP contribution >= 0.6 is 0 Å². The molecule has 0 amide bonds. The van der Waals surface area contributed by atoms with Gasteiger partial charge in [-0.2, -0.15) is 0 Å². The van der Waals surface area contributed by atoms with E-state index in [1.807, 2.05) is 0 Å². The Balaban J connectivity index is 0. The summed E-state index contributed by atoms with van der Waals surface area (Å²) < 4.78 is 0. The molecule has 0 heterocycles. The van der Waals surface area contributed by atoms with Gasteiger partial charge in [0.15, 0.2) is 0 Å². The molecule has 0 fully saturated rings. The largest absolute Gasteiger partial charge is 1.00 e. The van der Waals surface area contributed by atoms with E-state index in [9.17, 15) is 0 Å². The molecule has 0 saturated carbocycles. The quantitative estimate of drug-likeness (QED) is 0.345. The number of rotatable bonds is 0. The molecule has 5 heavy (non-hydrogen) atoms. The Hall–Kier alpha value is 1.68.